The van der Waals surface area contributed by atoms with Gasteiger partial charge in [0.1, 0.15) is 11.5 Å². The number of methoxy groups -OCH3 is 1. The minimum absolute atomic E-state index is 0.334. The summed E-state index contributed by atoms with van der Waals surface area (Å²) in [7, 11) is 3.65. The largest absolute Gasteiger partial charge is 0.508 e. The fourth-order valence-electron chi connectivity index (χ4n) is 2.04. The van der Waals surface area contributed by atoms with Crippen molar-refractivity contribution in [2.45, 2.75) is 13.5 Å². The van der Waals surface area contributed by atoms with Crippen LogP contribution in [0.3, 0.4) is 0 Å². The van der Waals surface area contributed by atoms with E-state index in [4.69, 9.17) is 4.74 Å². The lowest BCUT2D eigenvalue weighted by Gasteiger charge is -2.20. The van der Waals surface area contributed by atoms with Crippen molar-refractivity contribution in [2.75, 3.05) is 19.1 Å². The van der Waals surface area contributed by atoms with Gasteiger partial charge in [-0.1, -0.05) is 23.8 Å². The molecule has 0 aliphatic carbocycles. The summed E-state index contributed by atoms with van der Waals surface area (Å²) in [5, 5.41) is 9.88. The van der Waals surface area contributed by atoms with Crippen molar-refractivity contribution in [3.63, 3.8) is 0 Å². The number of aromatic hydroxyl groups is 1. The van der Waals surface area contributed by atoms with E-state index in [9.17, 15) is 5.11 Å². The molecule has 0 aliphatic heterocycles. The average molecular weight is 257 g/mol. The lowest BCUT2D eigenvalue weighted by Crippen LogP contribution is -2.16. The Labute approximate surface area is 114 Å². The highest BCUT2D eigenvalue weighted by molar-refractivity contribution is 5.51. The molecule has 2 rings (SSSR count). The summed E-state index contributed by atoms with van der Waals surface area (Å²) in [6.45, 7) is 2.68. The molecule has 0 radical (unpaired) electrons. The number of ether oxygens (including phenoxy) is 1. The zero-order chi connectivity index (χ0) is 13.8. The molecule has 1 N–H and O–H groups in total. The summed E-state index contributed by atoms with van der Waals surface area (Å²) in [4.78, 5) is 2.08. The number of aryl methyl sites for hydroxylation is 1. The fourth-order valence-corrected chi connectivity index (χ4v) is 2.04. The molecule has 2 aromatic rings. The SMILES string of the molecule is COc1cccc(N(C)Cc2cc(C)ccc2O)c1. The molecule has 0 heterocycles. The molecule has 3 heteroatoms. The van der Waals surface area contributed by atoms with Crippen LogP contribution >= 0.6 is 0 Å². The minimum Gasteiger partial charge on any atom is -0.508 e. The van der Waals surface area contributed by atoms with Crippen LogP contribution in [0.25, 0.3) is 0 Å². The summed E-state index contributed by atoms with van der Waals surface area (Å²) >= 11 is 0. The number of rotatable bonds is 4. The van der Waals surface area contributed by atoms with E-state index < -0.39 is 0 Å². The van der Waals surface area contributed by atoms with Crippen molar-refractivity contribution in [1.82, 2.24) is 0 Å². The first kappa shape index (κ1) is 13.3. The Morgan fingerprint density at radius 1 is 1.16 bits per heavy atom. The van der Waals surface area contributed by atoms with Crippen LogP contribution < -0.4 is 9.64 Å². The Bertz CT molecular complexity index is 566. The number of phenols is 1. The van der Waals surface area contributed by atoms with Gasteiger partial charge in [-0.3, -0.25) is 0 Å². The highest BCUT2D eigenvalue weighted by atomic mass is 16.5. The van der Waals surface area contributed by atoms with Gasteiger partial charge in [-0.05, 0) is 25.1 Å². The number of hydrogen-bond acceptors (Lipinski definition) is 3. The van der Waals surface area contributed by atoms with Crippen molar-refractivity contribution in [1.29, 1.82) is 0 Å². The van der Waals surface area contributed by atoms with Crippen LogP contribution in [0.1, 0.15) is 11.1 Å². The number of anilines is 1. The minimum atomic E-state index is 0.334. The van der Waals surface area contributed by atoms with Crippen LogP contribution in [-0.4, -0.2) is 19.3 Å². The molecule has 0 aliphatic rings. The third kappa shape index (κ3) is 3.19. The van der Waals surface area contributed by atoms with Gasteiger partial charge in [-0.2, -0.15) is 0 Å². The Morgan fingerprint density at radius 2 is 1.95 bits per heavy atom. The second-order valence-electron chi connectivity index (χ2n) is 4.69. The van der Waals surface area contributed by atoms with Gasteiger partial charge in [0.2, 0.25) is 0 Å². The monoisotopic (exact) mass is 257 g/mol. The van der Waals surface area contributed by atoms with Gasteiger partial charge < -0.3 is 14.7 Å². The van der Waals surface area contributed by atoms with E-state index in [2.05, 4.69) is 4.90 Å². The first-order valence-electron chi connectivity index (χ1n) is 6.24. The lowest BCUT2D eigenvalue weighted by atomic mass is 10.1. The highest BCUT2D eigenvalue weighted by Crippen LogP contribution is 2.24. The molecular formula is C16H19NO2. The Morgan fingerprint density at radius 3 is 2.68 bits per heavy atom. The van der Waals surface area contributed by atoms with Crippen LogP contribution in [0.4, 0.5) is 5.69 Å². The van der Waals surface area contributed by atoms with E-state index in [-0.39, 0.29) is 0 Å². The quantitative estimate of drug-likeness (QED) is 0.911. The second kappa shape index (κ2) is 5.65. The predicted molar refractivity (Wildman–Crippen MR) is 77.9 cm³/mol. The van der Waals surface area contributed by atoms with Gasteiger partial charge in [0, 0.05) is 30.9 Å². The normalized spacial score (nSPS) is 10.3. The van der Waals surface area contributed by atoms with E-state index in [0.717, 1.165) is 22.6 Å². The van der Waals surface area contributed by atoms with Gasteiger partial charge in [0.05, 0.1) is 7.11 Å². The van der Waals surface area contributed by atoms with Crippen LogP contribution in [0.15, 0.2) is 42.5 Å². The molecule has 0 saturated carbocycles. The lowest BCUT2D eigenvalue weighted by molar-refractivity contribution is 0.415. The standard InChI is InChI=1S/C16H19NO2/c1-12-7-8-16(18)13(9-12)11-17(2)14-5-4-6-15(10-14)19-3/h4-10,18H,11H2,1-3H3. The van der Waals surface area contributed by atoms with Crippen molar-refractivity contribution < 1.29 is 9.84 Å². The maximum Gasteiger partial charge on any atom is 0.120 e. The van der Waals surface area contributed by atoms with Crippen molar-refractivity contribution in [2.24, 2.45) is 0 Å². The zero-order valence-corrected chi connectivity index (χ0v) is 11.6. The summed E-state index contributed by atoms with van der Waals surface area (Å²) in [6, 6.07) is 13.5. The van der Waals surface area contributed by atoms with Crippen LogP contribution in [0.5, 0.6) is 11.5 Å². The van der Waals surface area contributed by atoms with Crippen molar-refractivity contribution >= 4 is 5.69 Å². The molecule has 0 fully saturated rings. The first-order chi connectivity index (χ1) is 9.10. The molecule has 2 aromatic carbocycles. The Kier molecular flexibility index (Phi) is 3.95. The third-order valence-electron chi connectivity index (χ3n) is 3.14. The van der Waals surface area contributed by atoms with Gasteiger partial charge in [0.15, 0.2) is 0 Å². The third-order valence-corrected chi connectivity index (χ3v) is 3.14. The van der Waals surface area contributed by atoms with Gasteiger partial charge in [-0.15, -0.1) is 0 Å². The topological polar surface area (TPSA) is 32.7 Å². The van der Waals surface area contributed by atoms with Gasteiger partial charge >= 0.3 is 0 Å². The van der Waals surface area contributed by atoms with Crippen LogP contribution in [0.2, 0.25) is 0 Å². The van der Waals surface area contributed by atoms with E-state index >= 15 is 0 Å². The first-order valence-corrected chi connectivity index (χ1v) is 6.24. The number of hydrogen-bond donors (Lipinski definition) is 1. The second-order valence-corrected chi connectivity index (χ2v) is 4.69. The van der Waals surface area contributed by atoms with Crippen molar-refractivity contribution in [3.05, 3.63) is 53.6 Å². The highest BCUT2D eigenvalue weighted by Gasteiger charge is 2.07. The van der Waals surface area contributed by atoms with Gasteiger partial charge in [0.25, 0.3) is 0 Å². The maximum absolute atomic E-state index is 9.88. The molecule has 0 unspecified atom stereocenters. The fraction of sp³-hybridized carbons (Fsp3) is 0.250. The summed E-state index contributed by atoms with van der Waals surface area (Å²) in [6.07, 6.45) is 0. The molecule has 0 bridgehead atoms. The van der Waals surface area contributed by atoms with Crippen LogP contribution in [-0.2, 0) is 6.54 Å². The molecule has 19 heavy (non-hydrogen) atoms. The number of nitrogens with zero attached hydrogens (tertiary/aromatic N) is 1. The molecule has 0 atom stereocenters. The summed E-state index contributed by atoms with van der Waals surface area (Å²) < 4.78 is 5.22. The maximum atomic E-state index is 9.88. The molecule has 0 saturated heterocycles. The number of phenolic OH excluding ortho intramolecular Hbond substituents is 1. The van der Waals surface area contributed by atoms with Crippen molar-refractivity contribution in [3.8, 4) is 11.5 Å². The zero-order valence-electron chi connectivity index (χ0n) is 11.6. The number of benzene rings is 2. The predicted octanol–water partition coefficient (Wildman–Crippen LogP) is 3.35. The van der Waals surface area contributed by atoms with E-state index in [1.165, 1.54) is 0 Å². The molecule has 0 aromatic heterocycles. The molecule has 0 spiro atoms. The van der Waals surface area contributed by atoms with E-state index in [1.54, 1.807) is 13.2 Å². The molecule has 0 amide bonds. The van der Waals surface area contributed by atoms with E-state index in [1.807, 2.05) is 50.4 Å². The molecular weight excluding hydrogens is 238 g/mol. The summed E-state index contributed by atoms with van der Waals surface area (Å²) in [5.74, 6) is 1.16. The van der Waals surface area contributed by atoms with Gasteiger partial charge in [-0.25, -0.2) is 0 Å². The Balaban J connectivity index is 2.20. The average Bonchev–Trinajstić information content (AvgIpc) is 2.43. The van der Waals surface area contributed by atoms with Crippen LogP contribution in [0, 0.1) is 6.92 Å². The smallest absolute Gasteiger partial charge is 0.120 e. The molecule has 3 nitrogen and oxygen atoms in total. The Hall–Kier alpha value is -2.16. The van der Waals surface area contributed by atoms with E-state index in [0.29, 0.717) is 12.3 Å². The summed E-state index contributed by atoms with van der Waals surface area (Å²) in [5.41, 5.74) is 3.12. The molecule has 100 valence electrons.